The van der Waals surface area contributed by atoms with Gasteiger partial charge in [0.15, 0.2) is 0 Å². The molecule has 2 aromatic rings. The third-order valence-electron chi connectivity index (χ3n) is 6.47. The van der Waals surface area contributed by atoms with Crippen molar-refractivity contribution in [3.05, 3.63) is 59.7 Å². The van der Waals surface area contributed by atoms with Gasteiger partial charge in [0.1, 0.15) is 5.75 Å². The van der Waals surface area contributed by atoms with Crippen molar-refractivity contribution in [2.75, 3.05) is 11.9 Å². The molecular weight excluding hydrogens is 405 g/mol. The van der Waals surface area contributed by atoms with Crippen molar-refractivity contribution < 1.29 is 22.7 Å². The first-order chi connectivity index (χ1) is 14.8. The number of carbonyl (C=O) groups excluding carboxylic acids is 1. The Morgan fingerprint density at radius 3 is 2.35 bits per heavy atom. The molecule has 0 bridgehead atoms. The second-order valence-corrected chi connectivity index (χ2v) is 8.54. The Labute approximate surface area is 180 Å². The van der Waals surface area contributed by atoms with Crippen molar-refractivity contribution in [2.24, 2.45) is 0 Å². The van der Waals surface area contributed by atoms with Crippen LogP contribution in [0.15, 0.2) is 48.5 Å². The minimum Gasteiger partial charge on any atom is -0.406 e. The Bertz CT molecular complexity index is 897. The molecule has 2 unspecified atom stereocenters. The number of carbonyl (C=O) groups is 1. The summed E-state index contributed by atoms with van der Waals surface area (Å²) in [5.41, 5.74) is 2.21. The van der Waals surface area contributed by atoms with Gasteiger partial charge in [-0.25, -0.2) is 0 Å². The maximum atomic E-state index is 12.4. The van der Waals surface area contributed by atoms with Crippen molar-refractivity contribution in [1.29, 1.82) is 0 Å². The van der Waals surface area contributed by atoms with Crippen LogP contribution in [0.25, 0.3) is 0 Å². The summed E-state index contributed by atoms with van der Waals surface area (Å²) < 4.78 is 40.6. The highest BCUT2D eigenvalue weighted by atomic mass is 19.4. The van der Waals surface area contributed by atoms with Crippen LogP contribution in [0, 0.1) is 0 Å². The van der Waals surface area contributed by atoms with Crippen LogP contribution in [-0.4, -0.2) is 35.8 Å². The normalized spacial score (nSPS) is 24.3. The molecule has 2 fully saturated rings. The summed E-state index contributed by atoms with van der Waals surface area (Å²) in [6.45, 7) is 3.54. The third kappa shape index (κ3) is 5.39. The molecule has 3 atom stereocenters. The fourth-order valence-electron chi connectivity index (χ4n) is 4.91. The summed E-state index contributed by atoms with van der Waals surface area (Å²) in [6.07, 6.45) is 1.45. The van der Waals surface area contributed by atoms with Crippen molar-refractivity contribution in [2.45, 2.75) is 63.4 Å². The first-order valence-corrected chi connectivity index (χ1v) is 10.8. The molecule has 1 aliphatic carbocycles. The summed E-state index contributed by atoms with van der Waals surface area (Å²) in [4.78, 5) is 15.1. The van der Waals surface area contributed by atoms with Crippen molar-refractivity contribution in [1.82, 2.24) is 4.90 Å². The van der Waals surface area contributed by atoms with E-state index in [0.29, 0.717) is 23.7 Å². The predicted octanol–water partition coefficient (Wildman–Crippen LogP) is 5.96. The number of likely N-dealkylation sites (tertiary alicyclic amines) is 1. The first-order valence-electron chi connectivity index (χ1n) is 10.8. The summed E-state index contributed by atoms with van der Waals surface area (Å²) in [5.74, 6) is -0.189. The van der Waals surface area contributed by atoms with Crippen LogP contribution < -0.4 is 10.1 Å². The number of alkyl halides is 3. The molecule has 1 aliphatic heterocycles. The molecule has 1 amide bonds. The summed E-state index contributed by atoms with van der Waals surface area (Å²) in [5, 5.41) is 2.79. The lowest BCUT2D eigenvalue weighted by atomic mass is 9.97. The SMILES string of the molecule is CC1CCCN1C1CC[C@H](c2ccc(NC(=O)c3ccc(OC(F)(F)F)cc3)cc2)C1. The van der Waals surface area contributed by atoms with E-state index in [2.05, 4.69) is 34.0 Å². The molecule has 7 heteroatoms. The van der Waals surface area contributed by atoms with Gasteiger partial charge in [0.25, 0.3) is 5.91 Å². The molecule has 0 aromatic heterocycles. The molecular formula is C24H27F3N2O2. The van der Waals surface area contributed by atoms with Crippen LogP contribution in [0.5, 0.6) is 5.75 Å². The molecule has 166 valence electrons. The third-order valence-corrected chi connectivity index (χ3v) is 6.47. The molecule has 4 nitrogen and oxygen atoms in total. The number of ether oxygens (including phenoxy) is 1. The molecule has 0 radical (unpaired) electrons. The van der Waals surface area contributed by atoms with E-state index in [1.54, 1.807) is 0 Å². The fourth-order valence-corrected chi connectivity index (χ4v) is 4.91. The Hall–Kier alpha value is -2.54. The van der Waals surface area contributed by atoms with Gasteiger partial charge in [-0.3, -0.25) is 9.69 Å². The van der Waals surface area contributed by atoms with E-state index in [9.17, 15) is 18.0 Å². The van der Waals surface area contributed by atoms with Gasteiger partial charge >= 0.3 is 6.36 Å². The monoisotopic (exact) mass is 432 g/mol. The summed E-state index contributed by atoms with van der Waals surface area (Å²) in [6, 6.07) is 14.1. The molecule has 31 heavy (non-hydrogen) atoms. The number of nitrogens with zero attached hydrogens (tertiary/aromatic N) is 1. The highest BCUT2D eigenvalue weighted by Crippen LogP contribution is 2.39. The summed E-state index contributed by atoms with van der Waals surface area (Å²) in [7, 11) is 0. The van der Waals surface area contributed by atoms with E-state index in [4.69, 9.17) is 0 Å². The van der Waals surface area contributed by atoms with Crippen molar-refractivity contribution in [3.8, 4) is 5.75 Å². The minimum absolute atomic E-state index is 0.261. The van der Waals surface area contributed by atoms with Gasteiger partial charge in [0.2, 0.25) is 0 Å². The predicted molar refractivity (Wildman–Crippen MR) is 113 cm³/mol. The highest BCUT2D eigenvalue weighted by Gasteiger charge is 2.34. The Balaban J connectivity index is 1.33. The molecule has 1 N–H and O–H groups in total. The average molecular weight is 432 g/mol. The zero-order valence-electron chi connectivity index (χ0n) is 17.5. The number of rotatable bonds is 5. The zero-order chi connectivity index (χ0) is 22.0. The largest absolute Gasteiger partial charge is 0.573 e. The average Bonchev–Trinajstić information content (AvgIpc) is 3.37. The summed E-state index contributed by atoms with van der Waals surface area (Å²) >= 11 is 0. The molecule has 4 rings (SSSR count). The molecule has 2 aliphatic rings. The molecule has 0 spiro atoms. The topological polar surface area (TPSA) is 41.6 Å². The highest BCUT2D eigenvalue weighted by molar-refractivity contribution is 6.04. The number of hydrogen-bond acceptors (Lipinski definition) is 3. The number of amides is 1. The van der Waals surface area contributed by atoms with E-state index in [1.165, 1.54) is 56.3 Å². The maximum absolute atomic E-state index is 12.4. The Morgan fingerprint density at radius 1 is 1.03 bits per heavy atom. The maximum Gasteiger partial charge on any atom is 0.573 e. The van der Waals surface area contributed by atoms with Crippen LogP contribution in [0.3, 0.4) is 0 Å². The van der Waals surface area contributed by atoms with Gasteiger partial charge in [-0.2, -0.15) is 0 Å². The van der Waals surface area contributed by atoms with Crippen LogP contribution in [0.1, 0.15) is 60.9 Å². The van der Waals surface area contributed by atoms with E-state index < -0.39 is 6.36 Å². The standard InChI is InChI=1S/C24H27F3N2O2/c1-16-3-2-14-29(16)21-11-6-19(15-21)17-4-9-20(10-5-17)28-23(30)18-7-12-22(13-8-18)31-24(25,26)27/h4-5,7-10,12-13,16,19,21H,2-3,6,11,14-15H2,1H3,(H,28,30)/t16?,19-,21?/m0/s1. The fraction of sp³-hybridized carbons (Fsp3) is 0.458. The van der Waals surface area contributed by atoms with Gasteiger partial charge in [0, 0.05) is 23.3 Å². The minimum atomic E-state index is -4.75. The van der Waals surface area contributed by atoms with Gasteiger partial charge in [-0.05, 0) is 93.5 Å². The molecule has 1 heterocycles. The van der Waals surface area contributed by atoms with Crippen LogP contribution in [0.4, 0.5) is 18.9 Å². The lowest BCUT2D eigenvalue weighted by molar-refractivity contribution is -0.274. The van der Waals surface area contributed by atoms with Gasteiger partial charge < -0.3 is 10.1 Å². The smallest absolute Gasteiger partial charge is 0.406 e. The Morgan fingerprint density at radius 2 is 1.74 bits per heavy atom. The first kappa shape index (κ1) is 21.7. The number of anilines is 1. The van der Waals surface area contributed by atoms with Crippen molar-refractivity contribution >= 4 is 11.6 Å². The molecule has 2 aromatic carbocycles. The van der Waals surface area contributed by atoms with E-state index >= 15 is 0 Å². The van der Waals surface area contributed by atoms with Gasteiger partial charge in [-0.1, -0.05) is 12.1 Å². The van der Waals surface area contributed by atoms with E-state index in [-0.39, 0.29) is 17.2 Å². The lowest BCUT2D eigenvalue weighted by Gasteiger charge is -2.28. The van der Waals surface area contributed by atoms with E-state index in [0.717, 1.165) is 12.1 Å². The lowest BCUT2D eigenvalue weighted by Crippen LogP contribution is -2.35. The molecule has 1 saturated carbocycles. The second kappa shape index (κ2) is 8.91. The molecule has 1 saturated heterocycles. The number of benzene rings is 2. The number of halogens is 3. The zero-order valence-corrected chi connectivity index (χ0v) is 17.5. The quantitative estimate of drug-likeness (QED) is 0.634. The van der Waals surface area contributed by atoms with E-state index in [1.807, 2.05) is 12.1 Å². The second-order valence-electron chi connectivity index (χ2n) is 8.54. The van der Waals surface area contributed by atoms with Crippen LogP contribution in [-0.2, 0) is 0 Å². The number of nitrogens with one attached hydrogen (secondary N) is 1. The number of hydrogen-bond donors (Lipinski definition) is 1. The Kier molecular flexibility index (Phi) is 6.23. The van der Waals surface area contributed by atoms with Gasteiger partial charge in [0.05, 0.1) is 0 Å². The van der Waals surface area contributed by atoms with Crippen LogP contribution >= 0.6 is 0 Å². The van der Waals surface area contributed by atoms with Gasteiger partial charge in [-0.15, -0.1) is 13.2 Å². The van der Waals surface area contributed by atoms with Crippen molar-refractivity contribution in [3.63, 3.8) is 0 Å². The van der Waals surface area contributed by atoms with Crippen LogP contribution in [0.2, 0.25) is 0 Å².